The molecule has 1 atom stereocenters. The molecular weight excluding hydrogens is 346 g/mol. The van der Waals surface area contributed by atoms with Crippen molar-refractivity contribution in [3.8, 4) is 0 Å². The first-order valence-electron chi connectivity index (χ1n) is 9.32. The number of aryl methyl sites for hydroxylation is 2. The summed E-state index contributed by atoms with van der Waals surface area (Å²) in [5, 5.41) is 1.21. The molecule has 1 spiro atoms. The number of thiophene rings is 1. The van der Waals surface area contributed by atoms with Crippen LogP contribution >= 0.6 is 11.3 Å². The molecular formula is C19H27N5OS. The van der Waals surface area contributed by atoms with Crippen molar-refractivity contribution in [3.05, 3.63) is 16.8 Å². The lowest BCUT2D eigenvalue weighted by atomic mass is 9.86. The second-order valence-corrected chi connectivity index (χ2v) is 9.00. The van der Waals surface area contributed by atoms with Crippen molar-refractivity contribution in [2.24, 2.45) is 0 Å². The monoisotopic (exact) mass is 373 g/mol. The molecule has 7 heteroatoms. The molecule has 1 amide bonds. The van der Waals surface area contributed by atoms with Crippen molar-refractivity contribution in [2.75, 3.05) is 45.2 Å². The van der Waals surface area contributed by atoms with E-state index in [0.717, 1.165) is 49.7 Å². The fraction of sp³-hybridized carbons (Fsp3) is 0.632. The zero-order chi connectivity index (χ0) is 18.5. The van der Waals surface area contributed by atoms with Gasteiger partial charge in [-0.15, -0.1) is 11.3 Å². The molecule has 4 rings (SSSR count). The van der Waals surface area contributed by atoms with Gasteiger partial charge in [0.05, 0.1) is 5.39 Å². The maximum atomic E-state index is 12.2. The summed E-state index contributed by atoms with van der Waals surface area (Å²) in [5.41, 5.74) is 1.33. The minimum Gasteiger partial charge on any atom is -0.353 e. The topological polar surface area (TPSA) is 52.6 Å². The molecule has 0 aromatic carbocycles. The Kier molecular flexibility index (Phi) is 4.39. The number of rotatable bonds is 1. The Morgan fingerprint density at radius 2 is 1.92 bits per heavy atom. The van der Waals surface area contributed by atoms with Gasteiger partial charge >= 0.3 is 0 Å². The number of carbonyl (C=O) groups is 1. The Morgan fingerprint density at radius 3 is 2.73 bits per heavy atom. The predicted molar refractivity (Wildman–Crippen MR) is 106 cm³/mol. The molecule has 140 valence electrons. The molecule has 2 fully saturated rings. The van der Waals surface area contributed by atoms with Crippen LogP contribution in [0.1, 0.15) is 29.7 Å². The lowest BCUT2D eigenvalue weighted by Crippen LogP contribution is -2.61. The molecule has 2 aliphatic heterocycles. The highest BCUT2D eigenvalue weighted by molar-refractivity contribution is 7.18. The lowest BCUT2D eigenvalue weighted by molar-refractivity contribution is -0.129. The molecule has 2 aromatic heterocycles. The van der Waals surface area contributed by atoms with E-state index in [2.05, 4.69) is 40.7 Å². The van der Waals surface area contributed by atoms with E-state index in [1.54, 1.807) is 17.7 Å². The van der Waals surface area contributed by atoms with Crippen molar-refractivity contribution in [3.63, 3.8) is 0 Å². The number of hydrogen-bond donors (Lipinski definition) is 0. The minimum atomic E-state index is 0.0366. The SMILES string of the molecule is Cc1sc2ncnc(N3CCN(C)C4(CCC(=O)N(C)CC4)C3)c2c1C. The largest absolute Gasteiger partial charge is 0.353 e. The number of likely N-dealkylation sites (N-methyl/N-ethyl adjacent to an activating group) is 1. The number of hydrogen-bond acceptors (Lipinski definition) is 6. The Balaban J connectivity index is 1.70. The molecule has 0 aliphatic carbocycles. The molecule has 26 heavy (non-hydrogen) atoms. The van der Waals surface area contributed by atoms with Gasteiger partial charge in [0.15, 0.2) is 0 Å². The van der Waals surface area contributed by atoms with Crippen LogP contribution < -0.4 is 4.90 Å². The summed E-state index contributed by atoms with van der Waals surface area (Å²) in [7, 11) is 4.14. The number of likely N-dealkylation sites (tertiary alicyclic amines) is 1. The maximum Gasteiger partial charge on any atom is 0.222 e. The third-order valence-electron chi connectivity index (χ3n) is 6.39. The second-order valence-electron chi connectivity index (χ2n) is 7.79. The van der Waals surface area contributed by atoms with Crippen molar-refractivity contribution in [1.82, 2.24) is 19.8 Å². The van der Waals surface area contributed by atoms with Gasteiger partial charge in [-0.25, -0.2) is 9.97 Å². The number of amides is 1. The van der Waals surface area contributed by atoms with Gasteiger partial charge in [-0.1, -0.05) is 0 Å². The molecule has 1 unspecified atom stereocenters. The fourth-order valence-electron chi connectivity index (χ4n) is 4.34. The molecule has 2 saturated heterocycles. The van der Waals surface area contributed by atoms with Gasteiger partial charge in [0, 0.05) is 50.1 Å². The Bertz CT molecular complexity index is 850. The van der Waals surface area contributed by atoms with E-state index in [-0.39, 0.29) is 11.4 Å². The van der Waals surface area contributed by atoms with Crippen molar-refractivity contribution in [2.45, 2.75) is 38.6 Å². The summed E-state index contributed by atoms with van der Waals surface area (Å²) in [5.74, 6) is 1.33. The van der Waals surface area contributed by atoms with Crippen LogP contribution in [0.4, 0.5) is 5.82 Å². The summed E-state index contributed by atoms with van der Waals surface area (Å²) >= 11 is 1.75. The zero-order valence-electron chi connectivity index (χ0n) is 16.1. The molecule has 2 aromatic rings. The van der Waals surface area contributed by atoms with Crippen LogP contribution in [0.25, 0.3) is 10.2 Å². The minimum absolute atomic E-state index is 0.0366. The van der Waals surface area contributed by atoms with E-state index < -0.39 is 0 Å². The first kappa shape index (κ1) is 17.7. The van der Waals surface area contributed by atoms with E-state index in [1.165, 1.54) is 15.8 Å². The van der Waals surface area contributed by atoms with E-state index in [9.17, 15) is 4.79 Å². The van der Waals surface area contributed by atoms with E-state index in [1.807, 2.05) is 11.9 Å². The fourth-order valence-corrected chi connectivity index (χ4v) is 5.33. The number of carbonyl (C=O) groups excluding carboxylic acids is 1. The molecule has 0 saturated carbocycles. The predicted octanol–water partition coefficient (Wildman–Crippen LogP) is 2.44. The van der Waals surface area contributed by atoms with Gasteiger partial charge in [0.1, 0.15) is 17.0 Å². The first-order valence-corrected chi connectivity index (χ1v) is 10.1. The van der Waals surface area contributed by atoms with Crippen molar-refractivity contribution >= 4 is 33.3 Å². The molecule has 0 radical (unpaired) electrons. The van der Waals surface area contributed by atoms with Crippen LogP contribution in [0.3, 0.4) is 0 Å². The number of piperazine rings is 1. The van der Waals surface area contributed by atoms with Crippen LogP contribution in [-0.4, -0.2) is 71.5 Å². The number of aromatic nitrogens is 2. The molecule has 6 nitrogen and oxygen atoms in total. The smallest absolute Gasteiger partial charge is 0.222 e. The van der Waals surface area contributed by atoms with E-state index >= 15 is 0 Å². The van der Waals surface area contributed by atoms with Gasteiger partial charge in [-0.05, 0) is 39.3 Å². The maximum absolute atomic E-state index is 12.2. The summed E-state index contributed by atoms with van der Waals surface area (Å²) in [6.07, 6.45) is 4.25. The highest BCUT2D eigenvalue weighted by Crippen LogP contribution is 2.38. The zero-order valence-corrected chi connectivity index (χ0v) is 16.9. The Labute approximate surface area is 158 Å². The third kappa shape index (κ3) is 2.77. The molecule has 2 aliphatic rings. The third-order valence-corrected chi connectivity index (χ3v) is 7.50. The molecule has 4 heterocycles. The van der Waals surface area contributed by atoms with Gasteiger partial charge < -0.3 is 9.80 Å². The van der Waals surface area contributed by atoms with Crippen molar-refractivity contribution in [1.29, 1.82) is 0 Å². The Morgan fingerprint density at radius 1 is 1.12 bits per heavy atom. The highest BCUT2D eigenvalue weighted by Gasteiger charge is 2.42. The molecule has 0 bridgehead atoms. The average Bonchev–Trinajstić information content (AvgIpc) is 2.85. The second kappa shape index (κ2) is 6.46. The highest BCUT2D eigenvalue weighted by atomic mass is 32.1. The van der Waals surface area contributed by atoms with Gasteiger partial charge in [0.2, 0.25) is 5.91 Å². The Hall–Kier alpha value is -1.73. The van der Waals surface area contributed by atoms with E-state index in [4.69, 9.17) is 0 Å². The summed E-state index contributed by atoms with van der Waals surface area (Å²) in [4.78, 5) is 30.6. The summed E-state index contributed by atoms with van der Waals surface area (Å²) < 4.78 is 0. The number of fused-ring (bicyclic) bond motifs is 1. The van der Waals surface area contributed by atoms with Gasteiger partial charge in [0.25, 0.3) is 0 Å². The standard InChI is InChI=1S/C19H27N5OS/c1-13-14(2)26-18-16(13)17(20-12-21-18)24-10-9-23(4)19(11-24)6-5-15(25)22(3)8-7-19/h12H,5-11H2,1-4H3. The molecule has 0 N–H and O–H groups in total. The van der Waals surface area contributed by atoms with Gasteiger partial charge in [-0.3, -0.25) is 9.69 Å². The van der Waals surface area contributed by atoms with Crippen LogP contribution in [0.15, 0.2) is 6.33 Å². The van der Waals surface area contributed by atoms with Crippen LogP contribution in [0.5, 0.6) is 0 Å². The lowest BCUT2D eigenvalue weighted by Gasteiger charge is -2.49. The summed E-state index contributed by atoms with van der Waals surface area (Å²) in [6, 6.07) is 0. The average molecular weight is 374 g/mol. The van der Waals surface area contributed by atoms with Crippen LogP contribution in [-0.2, 0) is 4.79 Å². The first-order chi connectivity index (χ1) is 12.4. The normalized spacial score (nSPS) is 25.3. The quantitative estimate of drug-likeness (QED) is 0.768. The van der Waals surface area contributed by atoms with Crippen LogP contribution in [0, 0.1) is 13.8 Å². The van der Waals surface area contributed by atoms with Gasteiger partial charge in [-0.2, -0.15) is 0 Å². The summed E-state index contributed by atoms with van der Waals surface area (Å²) in [6.45, 7) is 8.03. The van der Waals surface area contributed by atoms with E-state index in [0.29, 0.717) is 6.42 Å². The number of nitrogens with zero attached hydrogens (tertiary/aromatic N) is 5. The van der Waals surface area contributed by atoms with Crippen molar-refractivity contribution < 1.29 is 4.79 Å². The van der Waals surface area contributed by atoms with Crippen LogP contribution in [0.2, 0.25) is 0 Å². The number of anilines is 1.